The van der Waals surface area contributed by atoms with Crippen LogP contribution in [-0.2, 0) is 4.79 Å². The summed E-state index contributed by atoms with van der Waals surface area (Å²) in [6.07, 6.45) is 5.79. The molecule has 15 heavy (non-hydrogen) atoms. The number of hydrogen-bond acceptors (Lipinski definition) is 2. The minimum Gasteiger partial charge on any atom is -0.323 e. The van der Waals surface area contributed by atoms with Gasteiger partial charge in [-0.15, -0.1) is 0 Å². The Bertz CT molecular complexity index is 132. The Labute approximate surface area is 109 Å². The van der Waals surface area contributed by atoms with Crippen LogP contribution in [0.25, 0.3) is 0 Å². The third-order valence-corrected chi connectivity index (χ3v) is 2.93. The number of rotatable bonds is 7. The van der Waals surface area contributed by atoms with Gasteiger partial charge in [-0.3, -0.25) is 4.79 Å². The fourth-order valence-electron chi connectivity index (χ4n) is 1.32. The first kappa shape index (κ1) is 17.7. The van der Waals surface area contributed by atoms with Crippen molar-refractivity contribution in [1.82, 2.24) is 5.32 Å². The van der Waals surface area contributed by atoms with Crippen LogP contribution < -0.4 is 5.32 Å². The van der Waals surface area contributed by atoms with Crippen LogP contribution in [0.3, 0.4) is 0 Å². The van der Waals surface area contributed by atoms with Gasteiger partial charge in [0.15, 0.2) is 0 Å². The molecular weight excluding hydrogens is 301 g/mol. The van der Waals surface area contributed by atoms with Crippen LogP contribution in [0.15, 0.2) is 0 Å². The number of hydrogen-bond donors (Lipinski definition) is 1. The zero-order chi connectivity index (χ0) is 12.1. The number of unbranched alkanes of at least 4 members (excludes halogenated alkanes) is 1. The first-order valence-electron chi connectivity index (χ1n) is 5.78. The molecular formula is C12H26INO. The quantitative estimate of drug-likeness (QED) is 0.573. The molecule has 0 rings (SSSR count). The monoisotopic (exact) mass is 327 g/mol. The molecule has 0 heterocycles. The maximum atomic E-state index is 11.2. The van der Waals surface area contributed by atoms with Crippen molar-refractivity contribution >= 4 is 28.4 Å². The van der Waals surface area contributed by atoms with Gasteiger partial charge in [0.25, 0.3) is 0 Å². The number of carbonyl (C=O) groups is 1. The van der Waals surface area contributed by atoms with Gasteiger partial charge in [-0.05, 0) is 44.7 Å². The Morgan fingerprint density at radius 2 is 1.73 bits per heavy atom. The van der Waals surface area contributed by atoms with E-state index in [4.69, 9.17) is 0 Å². The molecule has 0 aliphatic rings. The average molecular weight is 327 g/mol. The van der Waals surface area contributed by atoms with E-state index in [0.29, 0.717) is 11.7 Å². The molecule has 0 aliphatic carbocycles. The fourth-order valence-corrected chi connectivity index (χ4v) is 1.77. The molecule has 0 aromatic heterocycles. The molecule has 0 spiro atoms. The number of alkyl halides is 1. The average Bonchev–Trinajstić information content (AvgIpc) is 2.19. The number of halogens is 1. The second-order valence-electron chi connectivity index (χ2n) is 3.78. The summed E-state index contributed by atoms with van der Waals surface area (Å²) in [5, 5.41) is 2.75. The van der Waals surface area contributed by atoms with Gasteiger partial charge < -0.3 is 5.32 Å². The summed E-state index contributed by atoms with van der Waals surface area (Å²) in [5.41, 5.74) is 0. The third-order valence-electron chi connectivity index (χ3n) is 2.17. The molecule has 0 saturated heterocycles. The van der Waals surface area contributed by atoms with Gasteiger partial charge in [-0.1, -0.05) is 42.4 Å². The van der Waals surface area contributed by atoms with Crippen LogP contribution in [0.2, 0.25) is 0 Å². The third kappa shape index (κ3) is 14.4. The molecule has 0 radical (unpaired) electrons. The van der Waals surface area contributed by atoms with Crippen molar-refractivity contribution < 1.29 is 4.79 Å². The molecule has 0 fully saturated rings. The molecule has 92 valence electrons. The first-order chi connectivity index (χ1) is 7.13. The normalized spacial score (nSPS) is 11.5. The van der Waals surface area contributed by atoms with Crippen molar-refractivity contribution in [3.63, 3.8) is 0 Å². The molecule has 0 aromatic carbocycles. The van der Waals surface area contributed by atoms with Crippen LogP contribution in [0.1, 0.15) is 46.0 Å². The van der Waals surface area contributed by atoms with Gasteiger partial charge >= 0.3 is 0 Å². The predicted molar refractivity (Wildman–Crippen MR) is 76.8 cm³/mol. The zero-order valence-electron chi connectivity index (χ0n) is 10.6. The van der Waals surface area contributed by atoms with E-state index in [9.17, 15) is 4.79 Å². The molecule has 0 bridgehead atoms. The summed E-state index contributed by atoms with van der Waals surface area (Å²) < 4.78 is 1.17. The van der Waals surface area contributed by atoms with Gasteiger partial charge in [0, 0.05) is 5.92 Å². The standard InChI is InChI=1S/C10H19IO.C2H7N/c1-3-4-6-10(9(2)12)7-5-8-11;1-3-2/h10H,3-8H2,1-2H3;3H,1-2H3. The van der Waals surface area contributed by atoms with Crippen molar-refractivity contribution in [3.05, 3.63) is 0 Å². The van der Waals surface area contributed by atoms with Crippen molar-refractivity contribution in [2.24, 2.45) is 5.92 Å². The van der Waals surface area contributed by atoms with E-state index in [0.717, 1.165) is 12.8 Å². The maximum absolute atomic E-state index is 11.2. The summed E-state index contributed by atoms with van der Waals surface area (Å²) in [6.45, 7) is 3.91. The van der Waals surface area contributed by atoms with E-state index >= 15 is 0 Å². The lowest BCUT2D eigenvalue weighted by Gasteiger charge is -2.11. The topological polar surface area (TPSA) is 29.1 Å². The summed E-state index contributed by atoms with van der Waals surface area (Å²) >= 11 is 2.37. The second-order valence-corrected chi connectivity index (χ2v) is 4.86. The first-order valence-corrected chi connectivity index (χ1v) is 7.31. The highest BCUT2D eigenvalue weighted by molar-refractivity contribution is 14.1. The van der Waals surface area contributed by atoms with Crippen LogP contribution in [0, 0.1) is 5.92 Å². The SMILES string of the molecule is CCCCC(CCCI)C(C)=O.CNC. The van der Waals surface area contributed by atoms with Crippen molar-refractivity contribution in [1.29, 1.82) is 0 Å². The largest absolute Gasteiger partial charge is 0.323 e. The summed E-state index contributed by atoms with van der Waals surface area (Å²) in [5.74, 6) is 0.730. The Morgan fingerprint density at radius 1 is 1.27 bits per heavy atom. The highest BCUT2D eigenvalue weighted by Crippen LogP contribution is 2.16. The highest BCUT2D eigenvalue weighted by Gasteiger charge is 2.12. The van der Waals surface area contributed by atoms with Crippen LogP contribution in [0.5, 0.6) is 0 Å². The van der Waals surface area contributed by atoms with Gasteiger partial charge in [-0.2, -0.15) is 0 Å². The molecule has 2 nitrogen and oxygen atoms in total. The zero-order valence-corrected chi connectivity index (χ0v) is 12.8. The van der Waals surface area contributed by atoms with Gasteiger partial charge in [-0.25, -0.2) is 0 Å². The Morgan fingerprint density at radius 3 is 2.07 bits per heavy atom. The molecule has 0 aliphatic heterocycles. The number of Topliss-reactive ketones (excluding diaryl/α,β-unsaturated/α-hetero) is 1. The predicted octanol–water partition coefficient (Wildman–Crippen LogP) is 3.43. The van der Waals surface area contributed by atoms with Gasteiger partial charge in [0.2, 0.25) is 0 Å². The lowest BCUT2D eigenvalue weighted by molar-refractivity contribution is -0.121. The van der Waals surface area contributed by atoms with E-state index in [1.54, 1.807) is 6.92 Å². The van der Waals surface area contributed by atoms with Gasteiger partial charge in [0.1, 0.15) is 5.78 Å². The molecule has 1 atom stereocenters. The lowest BCUT2D eigenvalue weighted by Crippen LogP contribution is -2.10. The molecule has 0 aromatic rings. The Kier molecular flexibility index (Phi) is 17.0. The van der Waals surface area contributed by atoms with Crippen molar-refractivity contribution in [2.75, 3.05) is 18.5 Å². The minimum absolute atomic E-state index is 0.347. The number of ketones is 1. The maximum Gasteiger partial charge on any atom is 0.132 e. The Hall–Kier alpha value is 0.360. The lowest BCUT2D eigenvalue weighted by atomic mass is 9.94. The molecule has 3 heteroatoms. The van der Waals surface area contributed by atoms with Crippen molar-refractivity contribution in [3.8, 4) is 0 Å². The Balaban J connectivity index is 0. The van der Waals surface area contributed by atoms with Crippen LogP contribution >= 0.6 is 22.6 Å². The second kappa shape index (κ2) is 14.4. The molecule has 0 amide bonds. The summed E-state index contributed by atoms with van der Waals surface area (Å²) in [6, 6.07) is 0. The number of carbonyl (C=O) groups excluding carboxylic acids is 1. The van der Waals surface area contributed by atoms with Crippen LogP contribution in [-0.4, -0.2) is 24.3 Å². The smallest absolute Gasteiger partial charge is 0.132 e. The van der Waals surface area contributed by atoms with Crippen molar-refractivity contribution in [2.45, 2.75) is 46.0 Å². The van der Waals surface area contributed by atoms with E-state index in [1.807, 2.05) is 14.1 Å². The molecule has 1 N–H and O–H groups in total. The van der Waals surface area contributed by atoms with Gasteiger partial charge in [0.05, 0.1) is 0 Å². The highest BCUT2D eigenvalue weighted by atomic mass is 127. The number of nitrogens with one attached hydrogen (secondary N) is 1. The molecule has 0 saturated carbocycles. The molecule has 1 unspecified atom stereocenters. The summed E-state index contributed by atoms with van der Waals surface area (Å²) in [7, 11) is 3.75. The van der Waals surface area contributed by atoms with E-state index in [2.05, 4.69) is 34.8 Å². The van der Waals surface area contributed by atoms with Crippen LogP contribution in [0.4, 0.5) is 0 Å². The minimum atomic E-state index is 0.347. The van der Waals surface area contributed by atoms with E-state index in [1.165, 1.54) is 23.7 Å². The van der Waals surface area contributed by atoms with E-state index in [-0.39, 0.29) is 0 Å². The fraction of sp³-hybridized carbons (Fsp3) is 0.917. The van der Waals surface area contributed by atoms with E-state index < -0.39 is 0 Å². The summed E-state index contributed by atoms with van der Waals surface area (Å²) in [4.78, 5) is 11.2.